The summed E-state index contributed by atoms with van der Waals surface area (Å²) in [6.45, 7) is 7.90. The molecular formula is C30H33N3O4. The maximum absolute atomic E-state index is 12.6. The Morgan fingerprint density at radius 3 is 2.49 bits per heavy atom. The lowest BCUT2D eigenvalue weighted by Crippen LogP contribution is -2.69. The number of carbonyl (C=O) groups excluding carboxylic acids is 2. The van der Waals surface area contributed by atoms with Crippen molar-refractivity contribution in [2.24, 2.45) is 0 Å². The number of hydrogen-bond acceptors (Lipinski definition) is 4. The van der Waals surface area contributed by atoms with Gasteiger partial charge >= 0.3 is 6.03 Å². The third-order valence-electron chi connectivity index (χ3n) is 6.94. The van der Waals surface area contributed by atoms with Crippen molar-refractivity contribution in [2.75, 3.05) is 11.9 Å². The first-order chi connectivity index (χ1) is 17.6. The average Bonchev–Trinajstić information content (AvgIpc) is 2.82. The Bertz CT molecular complexity index is 1320. The Kier molecular flexibility index (Phi) is 6.31. The maximum Gasteiger partial charge on any atom is 0.318 e. The van der Waals surface area contributed by atoms with E-state index in [1.54, 1.807) is 0 Å². The number of hydrogen-bond donors (Lipinski definition) is 3. The zero-order valence-electron chi connectivity index (χ0n) is 21.7. The second-order valence-electron chi connectivity index (χ2n) is 10.8. The number of benzene rings is 3. The summed E-state index contributed by atoms with van der Waals surface area (Å²) in [5, 5.41) is 8.91. The first kappa shape index (κ1) is 24.7. The zero-order chi connectivity index (χ0) is 26.2. The highest BCUT2D eigenvalue weighted by Crippen LogP contribution is 2.49. The third kappa shape index (κ3) is 5.40. The standard InChI is InChI=1S/C30H33N3O4/c1-19-10-12-22(13-11-19)31-26(34)17-36-23-14-20(2)27-24(21-8-6-5-7-9-21)16-30(37-25(27)15-23)18-29(3,4)32-28(35)33-30/h5-15,24H,16-18H2,1-4H3,(H,31,34)(H2,32,33,35)/t24-,30-/m0/s1. The number of rotatable bonds is 5. The van der Waals surface area contributed by atoms with Crippen LogP contribution in [0.3, 0.4) is 0 Å². The average molecular weight is 500 g/mol. The number of carbonyl (C=O) groups is 2. The van der Waals surface area contributed by atoms with Crippen LogP contribution in [0.25, 0.3) is 0 Å². The second-order valence-corrected chi connectivity index (χ2v) is 10.8. The molecular weight excluding hydrogens is 466 g/mol. The maximum atomic E-state index is 12.6. The van der Waals surface area contributed by atoms with Gasteiger partial charge in [-0.2, -0.15) is 0 Å². The van der Waals surface area contributed by atoms with Crippen molar-refractivity contribution >= 4 is 17.6 Å². The molecule has 3 amide bonds. The Labute approximate surface area is 217 Å². The number of anilines is 1. The summed E-state index contributed by atoms with van der Waals surface area (Å²) >= 11 is 0. The van der Waals surface area contributed by atoms with E-state index in [1.807, 2.05) is 82.3 Å². The summed E-state index contributed by atoms with van der Waals surface area (Å²) in [5.74, 6) is 0.981. The van der Waals surface area contributed by atoms with Gasteiger partial charge in [-0.1, -0.05) is 48.0 Å². The van der Waals surface area contributed by atoms with Crippen LogP contribution in [-0.4, -0.2) is 29.8 Å². The fourth-order valence-electron chi connectivity index (χ4n) is 5.52. The lowest BCUT2D eigenvalue weighted by Gasteiger charge is -2.49. The number of amides is 3. The van der Waals surface area contributed by atoms with Crippen LogP contribution in [0.2, 0.25) is 0 Å². The van der Waals surface area contributed by atoms with Gasteiger partial charge in [0.05, 0.1) is 0 Å². The van der Waals surface area contributed by atoms with Crippen LogP contribution < -0.4 is 25.4 Å². The molecule has 0 bridgehead atoms. The van der Waals surface area contributed by atoms with Gasteiger partial charge in [0.2, 0.25) is 0 Å². The molecule has 0 unspecified atom stereocenters. The van der Waals surface area contributed by atoms with E-state index in [0.717, 1.165) is 27.9 Å². The summed E-state index contributed by atoms with van der Waals surface area (Å²) in [6.07, 6.45) is 1.21. The van der Waals surface area contributed by atoms with Crippen molar-refractivity contribution in [3.63, 3.8) is 0 Å². The van der Waals surface area contributed by atoms with E-state index in [2.05, 4.69) is 28.1 Å². The van der Waals surface area contributed by atoms with Crippen LogP contribution in [0, 0.1) is 13.8 Å². The van der Waals surface area contributed by atoms with Gasteiger partial charge in [0.15, 0.2) is 12.3 Å². The van der Waals surface area contributed by atoms with Crippen molar-refractivity contribution in [3.8, 4) is 11.5 Å². The molecule has 5 rings (SSSR count). The van der Waals surface area contributed by atoms with Crippen molar-refractivity contribution < 1.29 is 19.1 Å². The Morgan fingerprint density at radius 2 is 1.78 bits per heavy atom. The van der Waals surface area contributed by atoms with Crippen LogP contribution in [0.15, 0.2) is 66.7 Å². The monoisotopic (exact) mass is 499 g/mol. The minimum absolute atomic E-state index is 0.0260. The van der Waals surface area contributed by atoms with E-state index in [0.29, 0.717) is 24.3 Å². The van der Waals surface area contributed by atoms with E-state index in [1.165, 1.54) is 0 Å². The van der Waals surface area contributed by atoms with Crippen LogP contribution in [-0.2, 0) is 4.79 Å². The molecule has 7 nitrogen and oxygen atoms in total. The van der Waals surface area contributed by atoms with Gasteiger partial charge in [0.25, 0.3) is 5.91 Å². The fraction of sp³-hybridized carbons (Fsp3) is 0.333. The largest absolute Gasteiger partial charge is 0.484 e. The molecule has 1 fully saturated rings. The first-order valence-electron chi connectivity index (χ1n) is 12.6. The Hall–Kier alpha value is -4.00. The van der Waals surface area contributed by atoms with E-state index in [4.69, 9.17) is 9.47 Å². The predicted molar refractivity (Wildman–Crippen MR) is 143 cm³/mol. The van der Waals surface area contributed by atoms with Crippen molar-refractivity contribution in [2.45, 2.75) is 57.7 Å². The second kappa shape index (κ2) is 9.47. The topological polar surface area (TPSA) is 88.7 Å². The van der Waals surface area contributed by atoms with Crippen molar-refractivity contribution in [1.82, 2.24) is 10.6 Å². The van der Waals surface area contributed by atoms with Gasteiger partial charge in [-0.05, 0) is 57.0 Å². The van der Waals surface area contributed by atoms with Crippen molar-refractivity contribution in [1.29, 1.82) is 0 Å². The molecule has 3 aromatic carbocycles. The lowest BCUT2D eigenvalue weighted by atomic mass is 9.76. The van der Waals surface area contributed by atoms with Crippen LogP contribution in [0.5, 0.6) is 11.5 Å². The van der Waals surface area contributed by atoms with Crippen LogP contribution in [0.1, 0.15) is 54.9 Å². The molecule has 192 valence electrons. The van der Waals surface area contributed by atoms with E-state index < -0.39 is 11.3 Å². The SMILES string of the molecule is Cc1ccc(NC(=O)COc2cc(C)c3c(c2)O[C@@]2(C[C@H]3c3ccccc3)CC(C)(C)NC(=O)N2)cc1. The molecule has 2 aliphatic rings. The molecule has 1 spiro atoms. The molecule has 2 aliphatic heterocycles. The fourth-order valence-corrected chi connectivity index (χ4v) is 5.52. The summed E-state index contributed by atoms with van der Waals surface area (Å²) in [4.78, 5) is 25.1. The van der Waals surface area contributed by atoms with Crippen molar-refractivity contribution in [3.05, 3.63) is 89.0 Å². The molecule has 3 aromatic rings. The van der Waals surface area contributed by atoms with Gasteiger partial charge in [-0.3, -0.25) is 4.79 Å². The van der Waals surface area contributed by atoms with Gasteiger partial charge < -0.3 is 25.4 Å². The van der Waals surface area contributed by atoms with Crippen LogP contribution >= 0.6 is 0 Å². The molecule has 7 heteroatoms. The third-order valence-corrected chi connectivity index (χ3v) is 6.94. The Balaban J connectivity index is 1.43. The summed E-state index contributed by atoms with van der Waals surface area (Å²) in [6, 6.07) is 21.4. The minimum atomic E-state index is -0.868. The highest BCUT2D eigenvalue weighted by atomic mass is 16.5. The van der Waals surface area contributed by atoms with E-state index in [-0.39, 0.29) is 24.5 Å². The molecule has 2 atom stereocenters. The molecule has 37 heavy (non-hydrogen) atoms. The zero-order valence-corrected chi connectivity index (χ0v) is 21.7. The quantitative estimate of drug-likeness (QED) is 0.438. The first-order valence-corrected chi connectivity index (χ1v) is 12.6. The minimum Gasteiger partial charge on any atom is -0.484 e. The molecule has 0 saturated carbocycles. The Morgan fingerprint density at radius 1 is 1.05 bits per heavy atom. The van der Waals surface area contributed by atoms with E-state index in [9.17, 15) is 9.59 Å². The number of nitrogens with one attached hydrogen (secondary N) is 3. The number of fused-ring (bicyclic) bond motifs is 1. The predicted octanol–water partition coefficient (Wildman–Crippen LogP) is 5.41. The van der Waals surface area contributed by atoms with Gasteiger partial charge in [0, 0.05) is 41.6 Å². The number of ether oxygens (including phenoxy) is 2. The normalized spacial score (nSPS) is 21.7. The molecule has 3 N–H and O–H groups in total. The van der Waals surface area contributed by atoms with Gasteiger partial charge in [0.1, 0.15) is 11.5 Å². The van der Waals surface area contributed by atoms with E-state index >= 15 is 0 Å². The summed E-state index contributed by atoms with van der Waals surface area (Å²) in [5.41, 5.74) is 3.78. The number of urea groups is 1. The highest BCUT2D eigenvalue weighted by molar-refractivity contribution is 5.91. The summed E-state index contributed by atoms with van der Waals surface area (Å²) < 4.78 is 12.5. The lowest BCUT2D eigenvalue weighted by molar-refractivity contribution is -0.118. The highest BCUT2D eigenvalue weighted by Gasteiger charge is 2.50. The smallest absolute Gasteiger partial charge is 0.318 e. The number of aryl methyl sites for hydroxylation is 2. The molecule has 1 saturated heterocycles. The molecule has 0 aromatic heterocycles. The molecule has 0 aliphatic carbocycles. The van der Waals surface area contributed by atoms with Crippen LogP contribution in [0.4, 0.5) is 10.5 Å². The van der Waals surface area contributed by atoms with Gasteiger partial charge in [-0.25, -0.2) is 4.79 Å². The molecule has 2 heterocycles. The molecule has 0 radical (unpaired) electrons. The summed E-state index contributed by atoms with van der Waals surface area (Å²) in [7, 11) is 0. The van der Waals surface area contributed by atoms with Gasteiger partial charge in [-0.15, -0.1) is 0 Å².